The number of alkyl halides is 2. The summed E-state index contributed by atoms with van der Waals surface area (Å²) in [5.74, 6) is -3.04. The highest BCUT2D eigenvalue weighted by molar-refractivity contribution is 7.89. The monoisotopic (exact) mass is 325 g/mol. The number of aliphatic hydroxyl groups excluding tert-OH is 1. The van der Waals surface area contributed by atoms with Crippen molar-refractivity contribution >= 4 is 10.0 Å². The average molecular weight is 325 g/mol. The van der Waals surface area contributed by atoms with Crippen LogP contribution in [-0.4, -0.2) is 46.8 Å². The van der Waals surface area contributed by atoms with Gasteiger partial charge in [-0.15, -0.1) is 0 Å². The summed E-state index contributed by atoms with van der Waals surface area (Å²) in [7, 11) is -1.44. The van der Waals surface area contributed by atoms with Crippen LogP contribution in [0.5, 0.6) is 11.5 Å². The number of hydrogen-bond acceptors (Lipinski definition) is 5. The molecule has 1 rings (SSSR count). The van der Waals surface area contributed by atoms with Crippen LogP contribution >= 0.6 is 0 Å². The minimum atomic E-state index is -4.17. The molecule has 120 valence electrons. The zero-order chi connectivity index (χ0) is 16.3. The maximum Gasteiger partial charge on any atom is 0.283 e. The fourth-order valence-electron chi connectivity index (χ4n) is 1.59. The number of ether oxygens (including phenoxy) is 2. The van der Waals surface area contributed by atoms with Gasteiger partial charge in [-0.25, -0.2) is 21.9 Å². The third-order valence-electron chi connectivity index (χ3n) is 2.72. The second-order valence-electron chi connectivity index (χ2n) is 4.31. The highest BCUT2D eigenvalue weighted by atomic mass is 32.2. The van der Waals surface area contributed by atoms with Gasteiger partial charge in [-0.1, -0.05) is 0 Å². The Hall–Kier alpha value is -1.45. The molecule has 0 aromatic heterocycles. The number of benzene rings is 1. The largest absolute Gasteiger partial charge is 0.493 e. The predicted molar refractivity (Wildman–Crippen MR) is 71.5 cm³/mol. The van der Waals surface area contributed by atoms with Gasteiger partial charge in [0.05, 0.1) is 25.7 Å². The van der Waals surface area contributed by atoms with Crippen LogP contribution in [0.1, 0.15) is 5.56 Å². The van der Waals surface area contributed by atoms with Crippen molar-refractivity contribution in [1.82, 2.24) is 4.72 Å². The predicted octanol–water partition coefficient (Wildman–Crippen LogP) is 0.918. The lowest BCUT2D eigenvalue weighted by molar-refractivity contribution is -0.0437. The maximum absolute atomic E-state index is 12.9. The first kappa shape index (κ1) is 17.6. The molecule has 0 aliphatic rings. The summed E-state index contributed by atoms with van der Waals surface area (Å²) in [5.41, 5.74) is 0.312. The molecule has 0 atom stereocenters. The summed E-state index contributed by atoms with van der Waals surface area (Å²) < 4.78 is 61.8. The van der Waals surface area contributed by atoms with E-state index < -0.39 is 29.1 Å². The van der Waals surface area contributed by atoms with E-state index in [2.05, 4.69) is 0 Å². The molecule has 1 aromatic rings. The van der Waals surface area contributed by atoms with Gasteiger partial charge in [-0.3, -0.25) is 0 Å². The molecule has 9 heteroatoms. The molecule has 21 heavy (non-hydrogen) atoms. The lowest BCUT2D eigenvalue weighted by atomic mass is 10.2. The minimum Gasteiger partial charge on any atom is -0.493 e. The molecule has 2 N–H and O–H groups in total. The van der Waals surface area contributed by atoms with Gasteiger partial charge in [0.2, 0.25) is 10.0 Å². The summed E-state index contributed by atoms with van der Waals surface area (Å²) in [6, 6.07) is 2.62. The van der Waals surface area contributed by atoms with E-state index in [1.807, 2.05) is 0 Å². The summed E-state index contributed by atoms with van der Waals surface area (Å²) >= 11 is 0. The number of aryl methyl sites for hydroxylation is 1. The van der Waals surface area contributed by atoms with Crippen molar-refractivity contribution in [3.8, 4) is 11.5 Å². The number of halogens is 2. The van der Waals surface area contributed by atoms with Gasteiger partial charge in [0.25, 0.3) is 5.92 Å². The Morgan fingerprint density at radius 2 is 1.76 bits per heavy atom. The molecule has 0 heterocycles. The van der Waals surface area contributed by atoms with E-state index in [-0.39, 0.29) is 10.6 Å². The van der Waals surface area contributed by atoms with E-state index in [1.54, 1.807) is 4.72 Å². The quantitative estimate of drug-likeness (QED) is 0.779. The lowest BCUT2D eigenvalue weighted by Crippen LogP contribution is -2.39. The first-order valence-corrected chi connectivity index (χ1v) is 7.36. The summed E-state index contributed by atoms with van der Waals surface area (Å²) in [6.45, 7) is -1.14. The minimum absolute atomic E-state index is 0.164. The lowest BCUT2D eigenvalue weighted by Gasteiger charge is -2.16. The van der Waals surface area contributed by atoms with Crippen molar-refractivity contribution < 1.29 is 31.8 Å². The van der Waals surface area contributed by atoms with E-state index in [4.69, 9.17) is 14.6 Å². The second-order valence-corrected chi connectivity index (χ2v) is 6.05. The summed E-state index contributed by atoms with van der Waals surface area (Å²) in [4.78, 5) is -0.200. The summed E-state index contributed by atoms with van der Waals surface area (Å²) in [6.07, 6.45) is 0. The summed E-state index contributed by atoms with van der Waals surface area (Å²) in [5, 5.41) is 8.45. The fraction of sp³-hybridized carbons (Fsp3) is 0.500. The molecule has 0 spiro atoms. The van der Waals surface area contributed by atoms with Gasteiger partial charge in [0.15, 0.2) is 11.5 Å². The standard InChI is InChI=1S/C12H17F2NO5S/c1-8-4-9(19-2)10(20-3)5-11(8)21(17,18)15-6-12(13,14)7-16/h4-5,15-16H,6-7H2,1-3H3. The van der Waals surface area contributed by atoms with Crippen LogP contribution in [0, 0.1) is 6.92 Å². The first-order valence-electron chi connectivity index (χ1n) is 5.88. The normalized spacial score (nSPS) is 12.3. The van der Waals surface area contributed by atoms with Crippen LogP contribution in [0.4, 0.5) is 8.78 Å². The van der Waals surface area contributed by atoms with Gasteiger partial charge >= 0.3 is 0 Å². The number of hydrogen-bond donors (Lipinski definition) is 2. The average Bonchev–Trinajstić information content (AvgIpc) is 2.44. The molecular weight excluding hydrogens is 308 g/mol. The van der Waals surface area contributed by atoms with Crippen molar-refractivity contribution in [2.75, 3.05) is 27.4 Å². The van der Waals surface area contributed by atoms with E-state index in [0.29, 0.717) is 11.3 Å². The topological polar surface area (TPSA) is 84.9 Å². The number of nitrogens with one attached hydrogen (secondary N) is 1. The number of sulfonamides is 1. The van der Waals surface area contributed by atoms with Crippen molar-refractivity contribution in [2.45, 2.75) is 17.7 Å². The zero-order valence-electron chi connectivity index (χ0n) is 11.8. The SMILES string of the molecule is COc1cc(C)c(S(=O)(=O)NCC(F)(F)CO)cc1OC. The number of rotatable bonds is 7. The Balaban J connectivity index is 3.14. The smallest absolute Gasteiger partial charge is 0.283 e. The van der Waals surface area contributed by atoms with Gasteiger partial charge in [-0.05, 0) is 18.6 Å². The van der Waals surface area contributed by atoms with Gasteiger partial charge in [-0.2, -0.15) is 0 Å². The third kappa shape index (κ3) is 4.26. The van der Waals surface area contributed by atoms with Crippen LogP contribution in [0.15, 0.2) is 17.0 Å². The van der Waals surface area contributed by atoms with Gasteiger partial charge in [0.1, 0.15) is 6.61 Å². The van der Waals surface area contributed by atoms with Crippen LogP contribution in [0.2, 0.25) is 0 Å². The molecule has 0 saturated carbocycles. The zero-order valence-corrected chi connectivity index (χ0v) is 12.6. The van der Waals surface area contributed by atoms with Gasteiger partial charge in [0, 0.05) is 6.07 Å². The van der Waals surface area contributed by atoms with Crippen LogP contribution in [0.3, 0.4) is 0 Å². The highest BCUT2D eigenvalue weighted by Crippen LogP contribution is 2.32. The number of aliphatic hydroxyl groups is 1. The molecule has 0 unspecified atom stereocenters. The molecule has 1 aromatic carbocycles. The Morgan fingerprint density at radius 1 is 1.24 bits per heavy atom. The van der Waals surface area contributed by atoms with Gasteiger partial charge < -0.3 is 14.6 Å². The molecule has 0 bridgehead atoms. The van der Waals surface area contributed by atoms with E-state index in [9.17, 15) is 17.2 Å². The van der Waals surface area contributed by atoms with E-state index in [1.165, 1.54) is 33.3 Å². The Morgan fingerprint density at radius 3 is 2.24 bits per heavy atom. The van der Waals surface area contributed by atoms with Crippen molar-refractivity contribution in [2.24, 2.45) is 0 Å². The van der Waals surface area contributed by atoms with Crippen molar-refractivity contribution in [3.63, 3.8) is 0 Å². The first-order chi connectivity index (χ1) is 9.66. The Kier molecular flexibility index (Phi) is 5.48. The molecular formula is C12H17F2NO5S. The Labute approximate surface area is 121 Å². The van der Waals surface area contributed by atoms with E-state index in [0.717, 1.165) is 0 Å². The molecule has 0 saturated heterocycles. The van der Waals surface area contributed by atoms with E-state index >= 15 is 0 Å². The molecule has 0 aliphatic heterocycles. The Bertz CT molecular complexity index is 604. The highest BCUT2D eigenvalue weighted by Gasteiger charge is 2.31. The molecule has 0 amide bonds. The second kappa shape index (κ2) is 6.54. The van der Waals surface area contributed by atoms with Crippen LogP contribution < -0.4 is 14.2 Å². The molecule has 0 radical (unpaired) electrons. The number of methoxy groups -OCH3 is 2. The fourth-order valence-corrected chi connectivity index (χ4v) is 2.89. The molecule has 0 aliphatic carbocycles. The van der Waals surface area contributed by atoms with Crippen LogP contribution in [-0.2, 0) is 10.0 Å². The third-order valence-corrected chi connectivity index (χ3v) is 4.27. The molecule has 0 fully saturated rings. The van der Waals surface area contributed by atoms with Crippen LogP contribution in [0.25, 0.3) is 0 Å². The van der Waals surface area contributed by atoms with Crippen molar-refractivity contribution in [3.05, 3.63) is 17.7 Å². The maximum atomic E-state index is 12.9. The molecule has 6 nitrogen and oxygen atoms in total. The van der Waals surface area contributed by atoms with Crippen molar-refractivity contribution in [1.29, 1.82) is 0 Å².